The zero-order chi connectivity index (χ0) is 13.8. The molecule has 4 nitrogen and oxygen atoms in total. The molecule has 21 heavy (non-hydrogen) atoms. The van der Waals surface area contributed by atoms with Crippen molar-refractivity contribution >= 4 is 30.7 Å². The average Bonchev–Trinajstić information content (AvgIpc) is 2.37. The number of piperidine rings is 1. The van der Waals surface area contributed by atoms with E-state index in [0.717, 1.165) is 37.1 Å². The highest BCUT2D eigenvalue weighted by molar-refractivity contribution is 5.94. The zero-order valence-corrected chi connectivity index (χ0v) is 14.3. The lowest BCUT2D eigenvalue weighted by Gasteiger charge is -2.31. The van der Waals surface area contributed by atoms with Crippen molar-refractivity contribution in [2.75, 3.05) is 27.2 Å². The van der Waals surface area contributed by atoms with Crippen LogP contribution in [0.25, 0.3) is 0 Å². The standard InChI is InChI=1S/C15H23N3O.2ClH/c1-17(2)10-12-5-3-6-13(9-12)15(19)18-8-4-7-14(16)11-18;;/h3,5-6,9,14H,4,7-8,10-11,16H2,1-2H3;2*1H. The number of carbonyl (C=O) groups is 1. The van der Waals surface area contributed by atoms with Gasteiger partial charge in [0.25, 0.3) is 5.91 Å². The smallest absolute Gasteiger partial charge is 0.253 e. The van der Waals surface area contributed by atoms with Crippen molar-refractivity contribution in [2.24, 2.45) is 5.73 Å². The van der Waals surface area contributed by atoms with Gasteiger partial charge in [0, 0.05) is 31.2 Å². The van der Waals surface area contributed by atoms with Gasteiger partial charge < -0.3 is 15.5 Å². The molecule has 0 bridgehead atoms. The Bertz CT molecular complexity index is 454. The normalized spacial score (nSPS) is 17.9. The fourth-order valence-electron chi connectivity index (χ4n) is 2.54. The summed E-state index contributed by atoms with van der Waals surface area (Å²) in [6, 6.07) is 8.02. The van der Waals surface area contributed by atoms with Crippen molar-refractivity contribution in [1.29, 1.82) is 0 Å². The summed E-state index contributed by atoms with van der Waals surface area (Å²) in [4.78, 5) is 16.4. The van der Waals surface area contributed by atoms with Gasteiger partial charge in [-0.3, -0.25) is 4.79 Å². The van der Waals surface area contributed by atoms with Crippen molar-refractivity contribution in [3.63, 3.8) is 0 Å². The highest BCUT2D eigenvalue weighted by Gasteiger charge is 2.22. The van der Waals surface area contributed by atoms with E-state index in [1.165, 1.54) is 0 Å². The molecule has 2 rings (SSSR count). The van der Waals surface area contributed by atoms with E-state index in [9.17, 15) is 4.79 Å². The van der Waals surface area contributed by atoms with Gasteiger partial charge in [0.05, 0.1) is 0 Å². The number of hydrogen-bond donors (Lipinski definition) is 1. The van der Waals surface area contributed by atoms with E-state index in [1.807, 2.05) is 37.2 Å². The molecule has 2 N–H and O–H groups in total. The Morgan fingerprint density at radius 1 is 1.38 bits per heavy atom. The van der Waals surface area contributed by atoms with Crippen LogP contribution in [-0.2, 0) is 6.54 Å². The van der Waals surface area contributed by atoms with Crippen LogP contribution in [-0.4, -0.2) is 48.9 Å². The molecule has 120 valence electrons. The quantitative estimate of drug-likeness (QED) is 0.922. The first kappa shape index (κ1) is 20.2. The highest BCUT2D eigenvalue weighted by Crippen LogP contribution is 2.14. The van der Waals surface area contributed by atoms with Crippen LogP contribution in [0.1, 0.15) is 28.8 Å². The van der Waals surface area contributed by atoms with Crippen molar-refractivity contribution < 1.29 is 4.79 Å². The topological polar surface area (TPSA) is 49.6 Å². The van der Waals surface area contributed by atoms with E-state index < -0.39 is 0 Å². The number of likely N-dealkylation sites (tertiary alicyclic amines) is 1. The second kappa shape index (κ2) is 9.26. The summed E-state index contributed by atoms with van der Waals surface area (Å²) < 4.78 is 0. The van der Waals surface area contributed by atoms with E-state index in [1.54, 1.807) is 0 Å². The van der Waals surface area contributed by atoms with Crippen molar-refractivity contribution in [3.8, 4) is 0 Å². The third-order valence-electron chi connectivity index (χ3n) is 3.42. The number of hydrogen-bond acceptors (Lipinski definition) is 3. The molecule has 1 fully saturated rings. The number of rotatable bonds is 3. The van der Waals surface area contributed by atoms with Crippen LogP contribution >= 0.6 is 24.8 Å². The Morgan fingerprint density at radius 3 is 2.71 bits per heavy atom. The van der Waals surface area contributed by atoms with E-state index >= 15 is 0 Å². The number of carbonyl (C=O) groups excluding carboxylic acids is 1. The Labute approximate surface area is 139 Å². The van der Waals surface area contributed by atoms with Crippen LogP contribution in [0.15, 0.2) is 24.3 Å². The predicted molar refractivity (Wildman–Crippen MR) is 91.4 cm³/mol. The lowest BCUT2D eigenvalue weighted by Crippen LogP contribution is -2.45. The fourth-order valence-corrected chi connectivity index (χ4v) is 2.54. The van der Waals surface area contributed by atoms with Crippen molar-refractivity contribution in [1.82, 2.24) is 9.80 Å². The minimum Gasteiger partial charge on any atom is -0.337 e. The summed E-state index contributed by atoms with van der Waals surface area (Å²) in [5, 5.41) is 0. The summed E-state index contributed by atoms with van der Waals surface area (Å²) >= 11 is 0. The first-order chi connectivity index (χ1) is 9.06. The number of benzene rings is 1. The lowest BCUT2D eigenvalue weighted by atomic mass is 10.0. The van der Waals surface area contributed by atoms with Crippen LogP contribution in [0.2, 0.25) is 0 Å². The molecule has 1 aliphatic rings. The number of halogens is 2. The summed E-state index contributed by atoms with van der Waals surface area (Å²) in [6.07, 6.45) is 2.02. The molecular weight excluding hydrogens is 309 g/mol. The molecule has 0 aromatic heterocycles. The van der Waals surface area contributed by atoms with E-state index in [2.05, 4.69) is 11.0 Å². The van der Waals surface area contributed by atoms with Gasteiger partial charge in [-0.2, -0.15) is 0 Å². The highest BCUT2D eigenvalue weighted by atomic mass is 35.5. The minimum absolute atomic E-state index is 0. The Balaban J connectivity index is 0.00000200. The first-order valence-electron chi connectivity index (χ1n) is 6.85. The van der Waals surface area contributed by atoms with E-state index in [0.29, 0.717) is 6.54 Å². The molecule has 1 unspecified atom stereocenters. The summed E-state index contributed by atoms with van der Waals surface area (Å²) in [5.41, 5.74) is 7.87. The van der Waals surface area contributed by atoms with E-state index in [4.69, 9.17) is 5.73 Å². The molecule has 6 heteroatoms. The van der Waals surface area contributed by atoms with Crippen LogP contribution in [0.3, 0.4) is 0 Å². The summed E-state index contributed by atoms with van der Waals surface area (Å²) in [7, 11) is 4.05. The molecule has 1 atom stereocenters. The zero-order valence-electron chi connectivity index (χ0n) is 12.6. The Hall–Kier alpha value is -0.810. The number of amides is 1. The molecule has 0 radical (unpaired) electrons. The number of nitrogens with zero attached hydrogens (tertiary/aromatic N) is 2. The van der Waals surface area contributed by atoms with Gasteiger partial charge in [0.15, 0.2) is 0 Å². The maximum Gasteiger partial charge on any atom is 0.253 e. The van der Waals surface area contributed by atoms with Crippen LogP contribution in [0.4, 0.5) is 0 Å². The molecule has 0 saturated carbocycles. The molecule has 0 spiro atoms. The summed E-state index contributed by atoms with van der Waals surface area (Å²) in [6.45, 7) is 2.35. The third kappa shape index (κ3) is 5.83. The van der Waals surface area contributed by atoms with Crippen molar-refractivity contribution in [2.45, 2.75) is 25.4 Å². The van der Waals surface area contributed by atoms with Crippen LogP contribution in [0.5, 0.6) is 0 Å². The average molecular weight is 334 g/mol. The molecule has 1 saturated heterocycles. The maximum atomic E-state index is 12.4. The largest absolute Gasteiger partial charge is 0.337 e. The van der Waals surface area contributed by atoms with Gasteiger partial charge in [-0.1, -0.05) is 12.1 Å². The molecule has 1 aliphatic heterocycles. The monoisotopic (exact) mass is 333 g/mol. The van der Waals surface area contributed by atoms with Gasteiger partial charge in [0.1, 0.15) is 0 Å². The fraction of sp³-hybridized carbons (Fsp3) is 0.533. The molecular formula is C15H25Cl2N3O. The Morgan fingerprint density at radius 2 is 2.10 bits per heavy atom. The van der Waals surface area contributed by atoms with Crippen molar-refractivity contribution in [3.05, 3.63) is 35.4 Å². The first-order valence-corrected chi connectivity index (χ1v) is 6.85. The van der Waals surface area contributed by atoms with Gasteiger partial charge >= 0.3 is 0 Å². The molecule has 1 aromatic carbocycles. The molecule has 1 amide bonds. The Kier molecular flexibility index (Phi) is 8.90. The van der Waals surface area contributed by atoms with Crippen LogP contribution in [0, 0.1) is 0 Å². The number of nitrogens with two attached hydrogens (primary N) is 1. The minimum atomic E-state index is 0. The van der Waals surface area contributed by atoms with Gasteiger partial charge in [-0.15, -0.1) is 24.8 Å². The second-order valence-electron chi connectivity index (χ2n) is 5.59. The van der Waals surface area contributed by atoms with E-state index in [-0.39, 0.29) is 36.8 Å². The van der Waals surface area contributed by atoms with Gasteiger partial charge in [-0.05, 0) is 44.6 Å². The van der Waals surface area contributed by atoms with Gasteiger partial charge in [0.2, 0.25) is 0 Å². The second-order valence-corrected chi connectivity index (χ2v) is 5.59. The molecule has 0 aliphatic carbocycles. The lowest BCUT2D eigenvalue weighted by molar-refractivity contribution is 0.0708. The third-order valence-corrected chi connectivity index (χ3v) is 3.42. The van der Waals surface area contributed by atoms with Gasteiger partial charge in [-0.25, -0.2) is 0 Å². The molecule has 1 heterocycles. The SMILES string of the molecule is CN(C)Cc1cccc(C(=O)N2CCCC(N)C2)c1.Cl.Cl. The molecule has 1 aromatic rings. The predicted octanol–water partition coefficient (Wildman–Crippen LogP) is 2.16. The van der Waals surface area contributed by atoms with Crippen LogP contribution < -0.4 is 5.73 Å². The summed E-state index contributed by atoms with van der Waals surface area (Å²) in [5.74, 6) is 0.107. The maximum absolute atomic E-state index is 12.4.